The van der Waals surface area contributed by atoms with Gasteiger partial charge in [-0.2, -0.15) is 0 Å². The van der Waals surface area contributed by atoms with Gasteiger partial charge in [-0.15, -0.1) is 0 Å². The van der Waals surface area contributed by atoms with Gasteiger partial charge in [0.1, 0.15) is 5.75 Å². The second-order valence-corrected chi connectivity index (χ2v) is 6.95. The SMILES string of the molecule is C.C.CCOc1cccc(-c2ccc(NC(=O)c3ccc(Cl)cc3Cl)c(C(=O)O)c2)c1. The molecule has 0 bridgehead atoms. The van der Waals surface area contributed by atoms with Gasteiger partial charge in [-0.05, 0) is 60.5 Å². The standard InChI is InChI=1S/C22H17Cl2NO4.2CH4/c1-2-29-16-5-3-4-13(10-16)14-6-9-20(18(11-14)22(27)28)25-21(26)17-8-7-15(23)12-19(17)24;;/h3-12H,2H2,1H3,(H,25,26)(H,27,28);2*1H4. The summed E-state index contributed by atoms with van der Waals surface area (Å²) in [7, 11) is 0. The van der Waals surface area contributed by atoms with Crippen molar-refractivity contribution in [3.05, 3.63) is 81.8 Å². The van der Waals surface area contributed by atoms with E-state index >= 15 is 0 Å². The highest BCUT2D eigenvalue weighted by Crippen LogP contribution is 2.29. The molecule has 3 aromatic carbocycles. The van der Waals surface area contributed by atoms with Crippen molar-refractivity contribution >= 4 is 40.8 Å². The average molecular weight is 462 g/mol. The van der Waals surface area contributed by atoms with E-state index < -0.39 is 11.9 Å². The van der Waals surface area contributed by atoms with E-state index in [1.807, 2.05) is 31.2 Å². The summed E-state index contributed by atoms with van der Waals surface area (Å²) in [6.07, 6.45) is 0. The third-order valence-corrected chi connectivity index (χ3v) is 4.70. The van der Waals surface area contributed by atoms with Crippen LogP contribution in [0.2, 0.25) is 10.0 Å². The smallest absolute Gasteiger partial charge is 0.337 e. The fraction of sp³-hybridized carbons (Fsp3) is 0.167. The summed E-state index contributed by atoms with van der Waals surface area (Å²) in [6.45, 7) is 2.42. The van der Waals surface area contributed by atoms with Crippen molar-refractivity contribution in [3.8, 4) is 16.9 Å². The molecule has 0 saturated heterocycles. The number of amides is 1. The third-order valence-electron chi connectivity index (χ3n) is 4.15. The topological polar surface area (TPSA) is 75.6 Å². The van der Waals surface area contributed by atoms with E-state index in [0.29, 0.717) is 22.9 Å². The van der Waals surface area contributed by atoms with E-state index in [4.69, 9.17) is 27.9 Å². The van der Waals surface area contributed by atoms with Crippen LogP contribution in [0.4, 0.5) is 5.69 Å². The maximum Gasteiger partial charge on any atom is 0.337 e. The molecule has 164 valence electrons. The molecule has 0 aliphatic heterocycles. The summed E-state index contributed by atoms with van der Waals surface area (Å²) in [5.41, 5.74) is 1.81. The number of anilines is 1. The number of carbonyl (C=O) groups excluding carboxylic acids is 1. The minimum absolute atomic E-state index is 0. The zero-order valence-corrected chi connectivity index (χ0v) is 16.9. The van der Waals surface area contributed by atoms with Crippen molar-refractivity contribution in [2.45, 2.75) is 21.8 Å². The lowest BCUT2D eigenvalue weighted by atomic mass is 10.0. The van der Waals surface area contributed by atoms with Gasteiger partial charge in [0.25, 0.3) is 5.91 Å². The maximum atomic E-state index is 12.5. The Bertz CT molecular complexity index is 1080. The number of aromatic carboxylic acids is 1. The van der Waals surface area contributed by atoms with Crippen LogP contribution in [0.5, 0.6) is 5.75 Å². The van der Waals surface area contributed by atoms with Crippen molar-refractivity contribution in [1.29, 1.82) is 0 Å². The van der Waals surface area contributed by atoms with Crippen molar-refractivity contribution in [2.24, 2.45) is 0 Å². The molecule has 0 saturated carbocycles. The lowest BCUT2D eigenvalue weighted by Gasteiger charge is -2.12. The molecule has 3 rings (SSSR count). The zero-order valence-electron chi connectivity index (χ0n) is 15.4. The maximum absolute atomic E-state index is 12.5. The van der Waals surface area contributed by atoms with Gasteiger partial charge in [0.15, 0.2) is 0 Å². The number of carboxylic acid groups (broad SMARTS) is 1. The molecule has 0 fully saturated rings. The molecule has 0 heterocycles. The summed E-state index contributed by atoms with van der Waals surface area (Å²) in [6, 6.07) is 16.6. The number of halogens is 2. The van der Waals surface area contributed by atoms with E-state index in [1.165, 1.54) is 24.3 Å². The zero-order chi connectivity index (χ0) is 21.0. The molecule has 31 heavy (non-hydrogen) atoms. The van der Waals surface area contributed by atoms with Crippen LogP contribution in [0.1, 0.15) is 42.5 Å². The predicted octanol–water partition coefficient (Wildman–Crippen LogP) is 7.28. The molecule has 0 aliphatic carbocycles. The predicted molar refractivity (Wildman–Crippen MR) is 128 cm³/mol. The second kappa shape index (κ2) is 11.4. The van der Waals surface area contributed by atoms with Crippen LogP contribution in [0.25, 0.3) is 11.1 Å². The van der Waals surface area contributed by atoms with Gasteiger partial charge in [0.2, 0.25) is 0 Å². The summed E-state index contributed by atoms with van der Waals surface area (Å²) in [5.74, 6) is -0.998. The van der Waals surface area contributed by atoms with Crippen molar-refractivity contribution in [2.75, 3.05) is 11.9 Å². The highest BCUT2D eigenvalue weighted by atomic mass is 35.5. The van der Waals surface area contributed by atoms with E-state index in [-0.39, 0.29) is 36.7 Å². The van der Waals surface area contributed by atoms with Crippen molar-refractivity contribution < 1.29 is 19.4 Å². The molecule has 1 amide bonds. The van der Waals surface area contributed by atoms with Crippen molar-refractivity contribution in [3.63, 3.8) is 0 Å². The molecule has 3 aromatic rings. The second-order valence-electron chi connectivity index (χ2n) is 6.10. The van der Waals surface area contributed by atoms with E-state index in [2.05, 4.69) is 5.32 Å². The first-order chi connectivity index (χ1) is 13.9. The summed E-state index contributed by atoms with van der Waals surface area (Å²) in [5, 5.41) is 12.8. The summed E-state index contributed by atoms with van der Waals surface area (Å²) < 4.78 is 5.50. The first kappa shape index (κ1) is 26.0. The average Bonchev–Trinajstić information content (AvgIpc) is 2.68. The molecule has 0 radical (unpaired) electrons. The Morgan fingerprint density at radius 3 is 2.29 bits per heavy atom. The largest absolute Gasteiger partial charge is 0.494 e. The minimum atomic E-state index is -1.16. The number of benzene rings is 3. The Morgan fingerprint density at radius 2 is 1.65 bits per heavy atom. The van der Waals surface area contributed by atoms with Crippen LogP contribution >= 0.6 is 23.2 Å². The molecule has 0 atom stereocenters. The van der Waals surface area contributed by atoms with Gasteiger partial charge in [0, 0.05) is 5.02 Å². The Kier molecular flexibility index (Phi) is 9.56. The highest BCUT2D eigenvalue weighted by molar-refractivity contribution is 6.37. The summed E-state index contributed by atoms with van der Waals surface area (Å²) >= 11 is 11.9. The molecule has 0 unspecified atom stereocenters. The lowest BCUT2D eigenvalue weighted by Crippen LogP contribution is -2.15. The van der Waals surface area contributed by atoms with Gasteiger partial charge >= 0.3 is 5.97 Å². The third kappa shape index (κ3) is 6.23. The first-order valence-corrected chi connectivity index (χ1v) is 9.51. The van der Waals surface area contributed by atoms with E-state index in [0.717, 1.165) is 5.56 Å². The molecular formula is C24H25Cl2NO4. The monoisotopic (exact) mass is 461 g/mol. The van der Waals surface area contributed by atoms with Crippen LogP contribution < -0.4 is 10.1 Å². The fourth-order valence-corrected chi connectivity index (χ4v) is 3.30. The Balaban J connectivity index is 0.00000240. The lowest BCUT2D eigenvalue weighted by molar-refractivity contribution is 0.0698. The number of ether oxygens (including phenoxy) is 1. The van der Waals surface area contributed by atoms with Crippen LogP contribution in [-0.4, -0.2) is 23.6 Å². The number of carboxylic acids is 1. The fourth-order valence-electron chi connectivity index (χ4n) is 2.81. The van der Waals surface area contributed by atoms with Crippen molar-refractivity contribution in [1.82, 2.24) is 0 Å². The number of hydrogen-bond acceptors (Lipinski definition) is 3. The number of carbonyl (C=O) groups is 2. The number of rotatable bonds is 6. The Labute approximate surface area is 192 Å². The molecular weight excluding hydrogens is 437 g/mol. The molecule has 0 aromatic heterocycles. The molecule has 7 heteroatoms. The first-order valence-electron chi connectivity index (χ1n) is 8.76. The molecule has 2 N–H and O–H groups in total. The van der Waals surface area contributed by atoms with E-state index in [9.17, 15) is 14.7 Å². The van der Waals surface area contributed by atoms with Crippen LogP contribution in [-0.2, 0) is 0 Å². The normalized spacial score (nSPS) is 9.77. The van der Waals surface area contributed by atoms with Gasteiger partial charge < -0.3 is 15.2 Å². The highest BCUT2D eigenvalue weighted by Gasteiger charge is 2.17. The van der Waals surface area contributed by atoms with Gasteiger partial charge in [-0.1, -0.05) is 56.3 Å². The van der Waals surface area contributed by atoms with Crippen LogP contribution in [0.15, 0.2) is 60.7 Å². The van der Waals surface area contributed by atoms with Gasteiger partial charge in [-0.25, -0.2) is 4.79 Å². The number of hydrogen-bond donors (Lipinski definition) is 2. The van der Waals surface area contributed by atoms with E-state index in [1.54, 1.807) is 12.1 Å². The van der Waals surface area contributed by atoms with Gasteiger partial charge in [-0.3, -0.25) is 4.79 Å². The number of nitrogens with one attached hydrogen (secondary N) is 1. The Hall–Kier alpha value is -3.02. The van der Waals surface area contributed by atoms with Gasteiger partial charge in [0.05, 0.1) is 28.4 Å². The van der Waals surface area contributed by atoms with Crippen LogP contribution in [0.3, 0.4) is 0 Å². The quantitative estimate of drug-likeness (QED) is 0.404. The Morgan fingerprint density at radius 1 is 0.935 bits per heavy atom. The molecule has 5 nitrogen and oxygen atoms in total. The minimum Gasteiger partial charge on any atom is -0.494 e. The molecule has 0 aliphatic rings. The summed E-state index contributed by atoms with van der Waals surface area (Å²) in [4.78, 5) is 24.3. The molecule has 0 spiro atoms. The van der Waals surface area contributed by atoms with Crippen LogP contribution in [0, 0.1) is 0 Å².